The number of anilines is 1. The van der Waals surface area contributed by atoms with Gasteiger partial charge in [0.25, 0.3) is 0 Å². The lowest BCUT2D eigenvalue weighted by molar-refractivity contribution is 0.580. The third-order valence-corrected chi connectivity index (χ3v) is 4.15. The smallest absolute Gasteiger partial charge is 0.215 e. The van der Waals surface area contributed by atoms with Crippen molar-refractivity contribution in [3.63, 3.8) is 0 Å². The Bertz CT molecular complexity index is 610. The van der Waals surface area contributed by atoms with Gasteiger partial charge in [-0.15, -0.1) is 0 Å². The summed E-state index contributed by atoms with van der Waals surface area (Å²) < 4.78 is 46.7. The van der Waals surface area contributed by atoms with Crippen LogP contribution >= 0.6 is 0 Å². The van der Waals surface area contributed by atoms with Crippen molar-refractivity contribution in [3.05, 3.63) is 29.8 Å². The van der Waals surface area contributed by atoms with Crippen LogP contribution in [0.15, 0.2) is 24.3 Å². The molecule has 0 aliphatic rings. The van der Waals surface area contributed by atoms with Crippen molar-refractivity contribution in [3.8, 4) is 0 Å². The molecule has 1 rings (SSSR count). The molecule has 9 heteroatoms. The first-order chi connectivity index (χ1) is 8.18. The number of rotatable bonds is 6. The second-order valence-corrected chi connectivity index (χ2v) is 7.31. The molecule has 0 saturated heterocycles. The summed E-state index contributed by atoms with van der Waals surface area (Å²) in [5.41, 5.74) is 6.51. The van der Waals surface area contributed by atoms with Crippen LogP contribution in [0.5, 0.6) is 0 Å². The molecule has 1 aromatic rings. The van der Waals surface area contributed by atoms with E-state index in [0.29, 0.717) is 11.3 Å². The van der Waals surface area contributed by atoms with Crippen molar-refractivity contribution >= 4 is 25.7 Å². The van der Waals surface area contributed by atoms with Gasteiger partial charge in [0.1, 0.15) is 0 Å². The first-order valence-electron chi connectivity index (χ1n) is 5.00. The Labute approximate surface area is 106 Å². The zero-order valence-electron chi connectivity index (χ0n) is 9.53. The standard InChI is InChI=1S/C9H15N3O4S2/c10-9-3-1-2-8(6-9)7-18(15,16)12-4-5-17(11,13)14/h1-3,6,12H,4-5,7,10H2,(H2,11,13,14). The number of hydrogen-bond acceptors (Lipinski definition) is 5. The van der Waals surface area contributed by atoms with Crippen LogP contribution in [0.1, 0.15) is 5.56 Å². The van der Waals surface area contributed by atoms with Gasteiger partial charge in [-0.1, -0.05) is 12.1 Å². The second-order valence-electron chi connectivity index (χ2n) is 3.77. The highest BCUT2D eigenvalue weighted by Crippen LogP contribution is 2.09. The van der Waals surface area contributed by atoms with E-state index >= 15 is 0 Å². The molecular weight excluding hydrogens is 278 g/mol. The predicted octanol–water partition coefficient (Wildman–Crippen LogP) is -1.02. The van der Waals surface area contributed by atoms with Gasteiger partial charge in [-0.3, -0.25) is 0 Å². The van der Waals surface area contributed by atoms with E-state index in [2.05, 4.69) is 4.72 Å². The summed E-state index contributed by atoms with van der Waals surface area (Å²) in [7, 11) is -7.27. The number of sulfonamides is 2. The lowest BCUT2D eigenvalue weighted by Crippen LogP contribution is -2.32. The first-order valence-corrected chi connectivity index (χ1v) is 8.37. The van der Waals surface area contributed by atoms with Gasteiger partial charge in [0, 0.05) is 12.2 Å². The summed E-state index contributed by atoms with van der Waals surface area (Å²) in [6.45, 7) is -0.247. The maximum atomic E-state index is 11.6. The largest absolute Gasteiger partial charge is 0.399 e. The van der Waals surface area contributed by atoms with Gasteiger partial charge in [-0.2, -0.15) is 0 Å². The summed E-state index contributed by atoms with van der Waals surface area (Å²) in [5.74, 6) is -0.703. The van der Waals surface area contributed by atoms with E-state index in [0.717, 1.165) is 0 Å². The van der Waals surface area contributed by atoms with Crippen molar-refractivity contribution in [2.75, 3.05) is 18.0 Å². The average molecular weight is 293 g/mol. The minimum atomic E-state index is -3.67. The number of nitrogens with one attached hydrogen (secondary N) is 1. The Morgan fingerprint density at radius 1 is 1.17 bits per heavy atom. The molecule has 18 heavy (non-hydrogen) atoms. The summed E-state index contributed by atoms with van der Waals surface area (Å²) in [4.78, 5) is 0. The molecule has 0 atom stereocenters. The average Bonchev–Trinajstić information content (AvgIpc) is 2.13. The molecule has 0 aliphatic carbocycles. The Kier molecular flexibility index (Phi) is 4.68. The molecule has 0 unspecified atom stereocenters. The molecule has 7 nitrogen and oxygen atoms in total. The van der Waals surface area contributed by atoms with Crippen LogP contribution < -0.4 is 15.6 Å². The van der Waals surface area contributed by atoms with Crippen LogP contribution in [0, 0.1) is 0 Å². The zero-order chi connectivity index (χ0) is 13.8. The van der Waals surface area contributed by atoms with Gasteiger partial charge in [0.2, 0.25) is 20.0 Å². The van der Waals surface area contributed by atoms with Crippen LogP contribution in [-0.4, -0.2) is 29.1 Å². The Hall–Kier alpha value is -1.16. The van der Waals surface area contributed by atoms with E-state index in [1.54, 1.807) is 24.3 Å². The fourth-order valence-electron chi connectivity index (χ4n) is 1.29. The van der Waals surface area contributed by atoms with Gasteiger partial charge in [-0.05, 0) is 17.7 Å². The summed E-state index contributed by atoms with van der Waals surface area (Å²) in [6.07, 6.45) is 0. The molecule has 0 aromatic heterocycles. The van der Waals surface area contributed by atoms with Crippen LogP contribution in [0.4, 0.5) is 5.69 Å². The highest BCUT2D eigenvalue weighted by Gasteiger charge is 2.12. The molecule has 0 fully saturated rings. The van der Waals surface area contributed by atoms with Crippen molar-refractivity contribution < 1.29 is 16.8 Å². The molecular formula is C9H15N3O4S2. The number of benzene rings is 1. The second kappa shape index (κ2) is 5.65. The minimum absolute atomic E-state index is 0.247. The van der Waals surface area contributed by atoms with E-state index in [1.165, 1.54) is 0 Å². The third-order valence-electron chi connectivity index (χ3n) is 2.02. The van der Waals surface area contributed by atoms with Gasteiger partial charge >= 0.3 is 0 Å². The molecule has 5 N–H and O–H groups in total. The van der Waals surface area contributed by atoms with E-state index in [-0.39, 0.29) is 12.3 Å². The quantitative estimate of drug-likeness (QED) is 0.577. The SMILES string of the molecule is Nc1cccc(CS(=O)(=O)NCCS(N)(=O)=O)c1. The van der Waals surface area contributed by atoms with Gasteiger partial charge < -0.3 is 5.73 Å². The van der Waals surface area contributed by atoms with E-state index in [9.17, 15) is 16.8 Å². The minimum Gasteiger partial charge on any atom is -0.399 e. The van der Waals surface area contributed by atoms with Crippen LogP contribution in [-0.2, 0) is 25.8 Å². The van der Waals surface area contributed by atoms with E-state index < -0.39 is 25.8 Å². The maximum Gasteiger partial charge on any atom is 0.215 e. The van der Waals surface area contributed by atoms with Crippen LogP contribution in [0.3, 0.4) is 0 Å². The number of nitrogen functional groups attached to an aromatic ring is 1. The van der Waals surface area contributed by atoms with Crippen molar-refractivity contribution in [2.24, 2.45) is 5.14 Å². The molecule has 0 aliphatic heterocycles. The highest BCUT2D eigenvalue weighted by atomic mass is 32.2. The Balaban J connectivity index is 2.60. The first kappa shape index (κ1) is 14.9. The van der Waals surface area contributed by atoms with Crippen LogP contribution in [0.2, 0.25) is 0 Å². The maximum absolute atomic E-state index is 11.6. The van der Waals surface area contributed by atoms with Crippen LogP contribution in [0.25, 0.3) is 0 Å². The number of primary sulfonamides is 1. The van der Waals surface area contributed by atoms with E-state index in [4.69, 9.17) is 10.9 Å². The highest BCUT2D eigenvalue weighted by molar-refractivity contribution is 7.89. The van der Waals surface area contributed by atoms with Crippen molar-refractivity contribution in [1.82, 2.24) is 4.72 Å². The molecule has 0 saturated carbocycles. The van der Waals surface area contributed by atoms with Crippen molar-refractivity contribution in [1.29, 1.82) is 0 Å². The lowest BCUT2D eigenvalue weighted by atomic mass is 10.2. The molecule has 0 amide bonds. The van der Waals surface area contributed by atoms with Gasteiger partial charge in [0.05, 0.1) is 11.5 Å². The molecule has 0 heterocycles. The van der Waals surface area contributed by atoms with Gasteiger partial charge in [0.15, 0.2) is 0 Å². The Morgan fingerprint density at radius 3 is 2.39 bits per heavy atom. The fourth-order valence-corrected chi connectivity index (χ4v) is 2.94. The topological polar surface area (TPSA) is 132 Å². The lowest BCUT2D eigenvalue weighted by Gasteiger charge is -2.06. The number of nitrogens with two attached hydrogens (primary N) is 2. The van der Waals surface area contributed by atoms with Crippen molar-refractivity contribution in [2.45, 2.75) is 5.75 Å². The van der Waals surface area contributed by atoms with Gasteiger partial charge in [-0.25, -0.2) is 26.7 Å². The monoisotopic (exact) mass is 293 g/mol. The molecule has 0 radical (unpaired) electrons. The molecule has 0 bridgehead atoms. The summed E-state index contributed by atoms with van der Waals surface area (Å²) in [5, 5.41) is 4.76. The zero-order valence-corrected chi connectivity index (χ0v) is 11.2. The number of hydrogen-bond donors (Lipinski definition) is 3. The molecule has 1 aromatic carbocycles. The third kappa shape index (κ3) is 5.96. The molecule has 102 valence electrons. The Morgan fingerprint density at radius 2 is 1.83 bits per heavy atom. The fraction of sp³-hybridized carbons (Fsp3) is 0.333. The normalized spacial score (nSPS) is 12.5. The summed E-state index contributed by atoms with van der Waals surface area (Å²) >= 11 is 0. The molecule has 0 spiro atoms. The van der Waals surface area contributed by atoms with E-state index in [1.807, 2.05) is 0 Å². The summed E-state index contributed by atoms with van der Waals surface area (Å²) in [6, 6.07) is 6.45. The predicted molar refractivity (Wildman–Crippen MR) is 69.5 cm³/mol.